The van der Waals surface area contributed by atoms with Gasteiger partial charge in [0.1, 0.15) is 0 Å². The minimum absolute atomic E-state index is 0.0545. The van der Waals surface area contributed by atoms with Crippen LogP contribution in [-0.4, -0.2) is 28.1 Å². The van der Waals surface area contributed by atoms with E-state index in [1.807, 2.05) is 25.1 Å². The predicted molar refractivity (Wildman–Crippen MR) is 91.5 cm³/mol. The van der Waals surface area contributed by atoms with Crippen LogP contribution in [0.25, 0.3) is 10.9 Å². The summed E-state index contributed by atoms with van der Waals surface area (Å²) in [5.41, 5.74) is 3.65. The monoisotopic (exact) mass is 312 g/mol. The highest BCUT2D eigenvalue weighted by atomic mass is 16.3. The van der Waals surface area contributed by atoms with Crippen LogP contribution in [0.3, 0.4) is 0 Å². The molecule has 1 heterocycles. The van der Waals surface area contributed by atoms with Crippen molar-refractivity contribution in [1.82, 2.24) is 10.3 Å². The summed E-state index contributed by atoms with van der Waals surface area (Å²) in [6, 6.07) is 7.89. The van der Waals surface area contributed by atoms with Crippen LogP contribution in [0.1, 0.15) is 47.8 Å². The Morgan fingerprint density at radius 2 is 2.09 bits per heavy atom. The van der Waals surface area contributed by atoms with Gasteiger partial charge in [0, 0.05) is 22.7 Å². The second kappa shape index (κ2) is 6.28. The average molecular weight is 312 g/mol. The molecule has 1 aliphatic rings. The van der Waals surface area contributed by atoms with E-state index < -0.39 is 0 Å². The van der Waals surface area contributed by atoms with Crippen molar-refractivity contribution in [3.63, 3.8) is 0 Å². The number of carbonyl (C=O) groups is 1. The third kappa shape index (κ3) is 3.22. The van der Waals surface area contributed by atoms with Crippen LogP contribution in [0.15, 0.2) is 24.3 Å². The third-order valence-electron chi connectivity index (χ3n) is 4.88. The van der Waals surface area contributed by atoms with Gasteiger partial charge in [0.15, 0.2) is 0 Å². The van der Waals surface area contributed by atoms with Crippen molar-refractivity contribution in [2.45, 2.75) is 52.2 Å². The molecule has 1 aromatic carbocycles. The van der Waals surface area contributed by atoms with Gasteiger partial charge in [0.05, 0.1) is 11.6 Å². The number of carbonyl (C=O) groups excluding carboxylic acids is 1. The van der Waals surface area contributed by atoms with Crippen molar-refractivity contribution >= 4 is 16.8 Å². The standard InChI is InChI=1S/C19H24N2O2/c1-4-17(14-8-15(22)9-14)21-19(23)13-5-6-16-11(2)7-12(3)20-18(16)10-13/h5-7,10,14-15,17,22H,4,8-9H2,1-3H3,(H,21,23)/t14?,15?,17-/m1/s1. The van der Waals surface area contributed by atoms with Crippen molar-refractivity contribution < 1.29 is 9.90 Å². The molecule has 0 radical (unpaired) electrons. The van der Waals surface area contributed by atoms with Crippen LogP contribution in [0.4, 0.5) is 0 Å². The number of pyridine rings is 1. The van der Waals surface area contributed by atoms with Gasteiger partial charge in [0.2, 0.25) is 0 Å². The zero-order valence-corrected chi connectivity index (χ0v) is 14.0. The van der Waals surface area contributed by atoms with Crippen LogP contribution in [0.5, 0.6) is 0 Å². The minimum Gasteiger partial charge on any atom is -0.393 e. The Hall–Kier alpha value is -1.94. The number of amides is 1. The summed E-state index contributed by atoms with van der Waals surface area (Å²) in [5.74, 6) is 0.336. The summed E-state index contributed by atoms with van der Waals surface area (Å²) in [6.07, 6.45) is 2.27. The molecule has 3 rings (SSSR count). The third-order valence-corrected chi connectivity index (χ3v) is 4.88. The van der Waals surface area contributed by atoms with Crippen LogP contribution >= 0.6 is 0 Å². The molecule has 23 heavy (non-hydrogen) atoms. The van der Waals surface area contributed by atoms with E-state index in [1.54, 1.807) is 0 Å². The second-order valence-electron chi connectivity index (χ2n) is 6.69. The molecule has 122 valence electrons. The molecule has 1 aromatic heterocycles. The number of benzene rings is 1. The average Bonchev–Trinajstić information content (AvgIpc) is 2.48. The zero-order valence-electron chi connectivity index (χ0n) is 14.0. The van der Waals surface area contributed by atoms with Gasteiger partial charge >= 0.3 is 0 Å². The topological polar surface area (TPSA) is 62.2 Å². The molecule has 0 spiro atoms. The van der Waals surface area contributed by atoms with Gasteiger partial charge in [-0.1, -0.05) is 13.0 Å². The van der Waals surface area contributed by atoms with Crippen LogP contribution in [0.2, 0.25) is 0 Å². The number of aryl methyl sites for hydroxylation is 2. The fraction of sp³-hybridized carbons (Fsp3) is 0.474. The highest BCUT2D eigenvalue weighted by molar-refractivity contribution is 5.98. The van der Waals surface area contributed by atoms with Gasteiger partial charge in [-0.15, -0.1) is 0 Å². The smallest absolute Gasteiger partial charge is 0.251 e. The molecule has 0 bridgehead atoms. The molecule has 1 aliphatic carbocycles. The number of nitrogens with zero attached hydrogens (tertiary/aromatic N) is 1. The van der Waals surface area contributed by atoms with E-state index in [2.05, 4.69) is 30.2 Å². The van der Waals surface area contributed by atoms with E-state index in [-0.39, 0.29) is 18.1 Å². The normalized spacial score (nSPS) is 21.7. The maximum absolute atomic E-state index is 12.6. The van der Waals surface area contributed by atoms with Crippen LogP contribution in [-0.2, 0) is 0 Å². The van der Waals surface area contributed by atoms with Crippen LogP contribution in [0, 0.1) is 19.8 Å². The molecule has 4 heteroatoms. The van der Waals surface area contributed by atoms with E-state index in [4.69, 9.17) is 0 Å². The van der Waals surface area contributed by atoms with E-state index >= 15 is 0 Å². The van der Waals surface area contributed by atoms with Gasteiger partial charge in [-0.25, -0.2) is 0 Å². The van der Waals surface area contributed by atoms with Crippen LogP contribution < -0.4 is 5.32 Å². The molecule has 2 aromatic rings. The number of aliphatic hydroxyl groups excluding tert-OH is 1. The Morgan fingerprint density at radius 1 is 1.35 bits per heavy atom. The number of rotatable bonds is 4. The highest BCUT2D eigenvalue weighted by Crippen LogP contribution is 2.31. The van der Waals surface area contributed by atoms with Gasteiger partial charge in [-0.3, -0.25) is 9.78 Å². The van der Waals surface area contributed by atoms with Crippen molar-refractivity contribution in [3.05, 3.63) is 41.1 Å². The molecule has 4 nitrogen and oxygen atoms in total. The summed E-state index contributed by atoms with van der Waals surface area (Å²) in [6.45, 7) is 6.10. The molecule has 1 atom stereocenters. The maximum Gasteiger partial charge on any atom is 0.251 e. The second-order valence-corrected chi connectivity index (χ2v) is 6.69. The van der Waals surface area contributed by atoms with Gasteiger partial charge in [-0.05, 0) is 62.8 Å². The van der Waals surface area contributed by atoms with Crippen molar-refractivity contribution in [2.24, 2.45) is 5.92 Å². The summed E-state index contributed by atoms with van der Waals surface area (Å²) < 4.78 is 0. The van der Waals surface area contributed by atoms with E-state index in [0.717, 1.165) is 35.9 Å². The number of hydrogen-bond acceptors (Lipinski definition) is 3. The molecule has 1 saturated carbocycles. The number of aliphatic hydroxyl groups is 1. The van der Waals surface area contributed by atoms with Gasteiger partial charge < -0.3 is 10.4 Å². The number of aromatic nitrogens is 1. The van der Waals surface area contributed by atoms with E-state index in [0.29, 0.717) is 11.5 Å². The summed E-state index contributed by atoms with van der Waals surface area (Å²) >= 11 is 0. The van der Waals surface area contributed by atoms with E-state index in [9.17, 15) is 9.90 Å². The minimum atomic E-state index is -0.193. The lowest BCUT2D eigenvalue weighted by Gasteiger charge is -2.37. The SMILES string of the molecule is CC[C@@H](NC(=O)c1ccc2c(C)cc(C)nc2c1)C1CC(O)C1. The van der Waals surface area contributed by atoms with Crippen molar-refractivity contribution in [1.29, 1.82) is 0 Å². The predicted octanol–water partition coefficient (Wildman–Crippen LogP) is 3.13. The summed E-state index contributed by atoms with van der Waals surface area (Å²) in [5, 5.41) is 13.7. The largest absolute Gasteiger partial charge is 0.393 e. The first kappa shape index (κ1) is 15.9. The summed E-state index contributed by atoms with van der Waals surface area (Å²) in [4.78, 5) is 17.1. The highest BCUT2D eigenvalue weighted by Gasteiger charge is 2.33. The Labute approximate surface area is 136 Å². The maximum atomic E-state index is 12.6. The molecule has 0 aliphatic heterocycles. The molecule has 2 N–H and O–H groups in total. The summed E-state index contributed by atoms with van der Waals surface area (Å²) in [7, 11) is 0. The quantitative estimate of drug-likeness (QED) is 0.912. The Bertz CT molecular complexity index is 735. The number of fused-ring (bicyclic) bond motifs is 1. The first-order valence-corrected chi connectivity index (χ1v) is 8.35. The van der Waals surface area contributed by atoms with E-state index in [1.165, 1.54) is 5.56 Å². The van der Waals surface area contributed by atoms with Gasteiger partial charge in [-0.2, -0.15) is 0 Å². The molecule has 1 fully saturated rings. The Kier molecular flexibility index (Phi) is 4.35. The molecular formula is C19H24N2O2. The van der Waals surface area contributed by atoms with Gasteiger partial charge in [0.25, 0.3) is 5.91 Å². The lowest BCUT2D eigenvalue weighted by Crippen LogP contribution is -2.46. The molecule has 0 saturated heterocycles. The zero-order chi connectivity index (χ0) is 16.6. The van der Waals surface area contributed by atoms with Crippen molar-refractivity contribution in [3.8, 4) is 0 Å². The number of nitrogens with one attached hydrogen (secondary N) is 1. The Balaban J connectivity index is 1.80. The first-order chi connectivity index (χ1) is 11.0. The molecule has 0 unspecified atom stereocenters. The molecule has 1 amide bonds. The lowest BCUT2D eigenvalue weighted by molar-refractivity contribution is 0.0232. The Morgan fingerprint density at radius 3 is 2.74 bits per heavy atom. The fourth-order valence-corrected chi connectivity index (χ4v) is 3.48. The fourth-order valence-electron chi connectivity index (χ4n) is 3.48. The lowest BCUT2D eigenvalue weighted by atomic mass is 9.76. The van der Waals surface area contributed by atoms with Crippen molar-refractivity contribution in [2.75, 3.05) is 0 Å². The first-order valence-electron chi connectivity index (χ1n) is 8.35. The molecular weight excluding hydrogens is 288 g/mol. The number of hydrogen-bond donors (Lipinski definition) is 2.